The summed E-state index contributed by atoms with van der Waals surface area (Å²) in [7, 11) is -2.37. The van der Waals surface area contributed by atoms with Crippen LogP contribution in [-0.2, 0) is 10.0 Å². The van der Waals surface area contributed by atoms with Crippen LogP contribution < -0.4 is 15.2 Å². The molecule has 0 radical (unpaired) electrons. The molecule has 0 aliphatic carbocycles. The van der Waals surface area contributed by atoms with E-state index in [9.17, 15) is 8.42 Å². The monoisotopic (exact) mass is 293 g/mol. The van der Waals surface area contributed by atoms with Crippen LogP contribution in [0.3, 0.4) is 0 Å². The van der Waals surface area contributed by atoms with E-state index in [0.717, 1.165) is 5.56 Å². The van der Waals surface area contributed by atoms with E-state index in [1.807, 2.05) is 0 Å². The number of pyridine rings is 1. The molecule has 0 spiro atoms. The summed E-state index contributed by atoms with van der Waals surface area (Å²) >= 11 is 0. The van der Waals surface area contributed by atoms with Crippen molar-refractivity contribution in [2.24, 2.45) is 0 Å². The van der Waals surface area contributed by atoms with E-state index in [1.54, 1.807) is 19.2 Å². The smallest absolute Gasteiger partial charge is 0.265 e. The number of anilines is 2. The summed E-state index contributed by atoms with van der Waals surface area (Å²) < 4.78 is 32.3. The summed E-state index contributed by atoms with van der Waals surface area (Å²) in [6, 6.07) is 6.10. The van der Waals surface area contributed by atoms with Crippen molar-refractivity contribution >= 4 is 21.4 Å². The molecule has 0 saturated carbocycles. The Morgan fingerprint density at radius 1 is 1.30 bits per heavy atom. The summed E-state index contributed by atoms with van der Waals surface area (Å²) in [6.45, 7) is 1.79. The Hall–Kier alpha value is -2.28. The molecule has 0 bridgehead atoms. The summed E-state index contributed by atoms with van der Waals surface area (Å²) in [6.07, 6.45) is 3.05. The zero-order chi connectivity index (χ0) is 14.8. The number of nitrogen functional groups attached to an aromatic ring is 1. The van der Waals surface area contributed by atoms with Crippen LogP contribution in [0.4, 0.5) is 11.4 Å². The molecule has 1 aromatic carbocycles. The van der Waals surface area contributed by atoms with Crippen LogP contribution in [0.15, 0.2) is 41.6 Å². The van der Waals surface area contributed by atoms with Crippen molar-refractivity contribution in [1.29, 1.82) is 0 Å². The lowest BCUT2D eigenvalue weighted by atomic mass is 10.3. The minimum absolute atomic E-state index is 0.0254. The number of hydrogen-bond donors (Lipinski definition) is 2. The Labute approximate surface area is 117 Å². The predicted octanol–water partition coefficient (Wildman–Crippen LogP) is 1.78. The number of aryl methyl sites for hydroxylation is 1. The lowest BCUT2D eigenvalue weighted by Gasteiger charge is -2.13. The van der Waals surface area contributed by atoms with Gasteiger partial charge in [-0.05, 0) is 30.7 Å². The maximum Gasteiger partial charge on any atom is 0.265 e. The summed E-state index contributed by atoms with van der Waals surface area (Å²) in [5, 5.41) is 0. The molecular formula is C13H15N3O3S. The Kier molecular flexibility index (Phi) is 3.80. The van der Waals surface area contributed by atoms with Crippen LogP contribution in [0.25, 0.3) is 0 Å². The van der Waals surface area contributed by atoms with E-state index in [4.69, 9.17) is 10.5 Å². The highest BCUT2D eigenvalue weighted by Crippen LogP contribution is 2.28. The molecule has 0 saturated heterocycles. The molecule has 2 rings (SSSR count). The maximum atomic E-state index is 12.4. The molecule has 6 nitrogen and oxygen atoms in total. The van der Waals surface area contributed by atoms with Crippen molar-refractivity contribution in [1.82, 2.24) is 4.98 Å². The van der Waals surface area contributed by atoms with Gasteiger partial charge in [-0.2, -0.15) is 0 Å². The van der Waals surface area contributed by atoms with Gasteiger partial charge in [-0.3, -0.25) is 9.71 Å². The Morgan fingerprint density at radius 3 is 2.70 bits per heavy atom. The third-order valence-electron chi connectivity index (χ3n) is 2.76. The normalized spacial score (nSPS) is 11.1. The van der Waals surface area contributed by atoms with Crippen LogP contribution in [0, 0.1) is 6.92 Å². The Bertz CT molecular complexity index is 729. The minimum Gasteiger partial charge on any atom is -0.495 e. The van der Waals surface area contributed by atoms with Gasteiger partial charge in [0.25, 0.3) is 10.0 Å². The SMILES string of the molecule is COc1cc(N)ccc1S(=O)(=O)Nc1cnccc1C. The molecule has 0 amide bonds. The molecule has 0 aliphatic rings. The molecule has 106 valence electrons. The molecule has 3 N–H and O–H groups in total. The molecule has 7 heteroatoms. The quantitative estimate of drug-likeness (QED) is 0.838. The van der Waals surface area contributed by atoms with Gasteiger partial charge in [0.2, 0.25) is 0 Å². The van der Waals surface area contributed by atoms with Gasteiger partial charge in [0, 0.05) is 18.0 Å². The highest BCUT2D eigenvalue weighted by molar-refractivity contribution is 7.92. The number of aromatic nitrogens is 1. The Balaban J connectivity index is 2.44. The molecule has 2 aromatic rings. The van der Waals surface area contributed by atoms with Gasteiger partial charge in [-0.1, -0.05) is 0 Å². The fourth-order valence-electron chi connectivity index (χ4n) is 1.68. The van der Waals surface area contributed by atoms with Gasteiger partial charge >= 0.3 is 0 Å². The third-order valence-corrected chi connectivity index (χ3v) is 4.17. The van der Waals surface area contributed by atoms with Gasteiger partial charge in [0.15, 0.2) is 0 Å². The summed E-state index contributed by atoms with van der Waals surface area (Å²) in [5.41, 5.74) is 7.25. The van der Waals surface area contributed by atoms with Crippen molar-refractivity contribution in [3.63, 3.8) is 0 Å². The van der Waals surface area contributed by atoms with Crippen molar-refractivity contribution in [2.45, 2.75) is 11.8 Å². The zero-order valence-electron chi connectivity index (χ0n) is 11.1. The number of benzene rings is 1. The standard InChI is InChI=1S/C13H15N3O3S/c1-9-5-6-15-8-11(9)16-20(17,18)13-4-3-10(14)7-12(13)19-2/h3-8,16H,14H2,1-2H3. The molecule has 20 heavy (non-hydrogen) atoms. The second-order valence-corrected chi connectivity index (χ2v) is 5.86. The lowest BCUT2D eigenvalue weighted by molar-refractivity contribution is 0.403. The number of rotatable bonds is 4. The average molecular weight is 293 g/mol. The van der Waals surface area contributed by atoms with Gasteiger partial charge in [0.1, 0.15) is 10.6 Å². The molecule has 0 unspecified atom stereocenters. The number of nitrogens with one attached hydrogen (secondary N) is 1. The number of ether oxygens (including phenoxy) is 1. The minimum atomic E-state index is -3.77. The van der Waals surface area contributed by atoms with E-state index in [-0.39, 0.29) is 10.6 Å². The van der Waals surface area contributed by atoms with Crippen molar-refractivity contribution in [2.75, 3.05) is 17.6 Å². The third kappa shape index (κ3) is 2.83. The number of nitrogens with two attached hydrogens (primary N) is 1. The maximum absolute atomic E-state index is 12.4. The fourth-order valence-corrected chi connectivity index (χ4v) is 2.94. The van der Waals surface area contributed by atoms with Crippen LogP contribution in [0.2, 0.25) is 0 Å². The molecule has 1 heterocycles. The van der Waals surface area contributed by atoms with Gasteiger partial charge in [-0.15, -0.1) is 0 Å². The first-order valence-corrected chi connectivity index (χ1v) is 7.29. The molecule has 1 aromatic heterocycles. The van der Waals surface area contributed by atoms with Gasteiger partial charge < -0.3 is 10.5 Å². The van der Waals surface area contributed by atoms with Gasteiger partial charge in [0.05, 0.1) is 19.0 Å². The van der Waals surface area contributed by atoms with Crippen LogP contribution >= 0.6 is 0 Å². The molecule has 0 fully saturated rings. The first kappa shape index (κ1) is 14.1. The van der Waals surface area contributed by atoms with E-state index in [1.165, 1.54) is 31.5 Å². The Morgan fingerprint density at radius 2 is 2.05 bits per heavy atom. The second-order valence-electron chi connectivity index (χ2n) is 4.21. The number of nitrogens with zero attached hydrogens (tertiary/aromatic N) is 1. The first-order valence-electron chi connectivity index (χ1n) is 5.81. The topological polar surface area (TPSA) is 94.3 Å². The second kappa shape index (κ2) is 5.38. The van der Waals surface area contributed by atoms with E-state index in [2.05, 4.69) is 9.71 Å². The predicted molar refractivity (Wildman–Crippen MR) is 77.2 cm³/mol. The number of methoxy groups -OCH3 is 1. The highest BCUT2D eigenvalue weighted by Gasteiger charge is 2.20. The fraction of sp³-hybridized carbons (Fsp3) is 0.154. The van der Waals surface area contributed by atoms with Gasteiger partial charge in [-0.25, -0.2) is 8.42 Å². The largest absolute Gasteiger partial charge is 0.495 e. The zero-order valence-corrected chi connectivity index (χ0v) is 11.9. The lowest BCUT2D eigenvalue weighted by Crippen LogP contribution is -2.15. The van der Waals surface area contributed by atoms with E-state index in [0.29, 0.717) is 11.4 Å². The highest BCUT2D eigenvalue weighted by atomic mass is 32.2. The summed E-state index contributed by atoms with van der Waals surface area (Å²) in [5.74, 6) is 0.194. The van der Waals surface area contributed by atoms with Crippen molar-refractivity contribution in [3.05, 3.63) is 42.2 Å². The van der Waals surface area contributed by atoms with Crippen LogP contribution in [0.1, 0.15) is 5.56 Å². The number of sulfonamides is 1. The number of hydrogen-bond acceptors (Lipinski definition) is 5. The summed E-state index contributed by atoms with van der Waals surface area (Å²) in [4.78, 5) is 3.93. The molecule has 0 atom stereocenters. The first-order chi connectivity index (χ1) is 9.44. The van der Waals surface area contributed by atoms with Crippen molar-refractivity contribution in [3.8, 4) is 5.75 Å². The van der Waals surface area contributed by atoms with E-state index >= 15 is 0 Å². The van der Waals surface area contributed by atoms with Crippen LogP contribution in [-0.4, -0.2) is 20.5 Å². The van der Waals surface area contributed by atoms with Crippen LogP contribution in [0.5, 0.6) is 5.75 Å². The van der Waals surface area contributed by atoms with E-state index < -0.39 is 10.0 Å². The van der Waals surface area contributed by atoms with Crippen molar-refractivity contribution < 1.29 is 13.2 Å². The molecular weight excluding hydrogens is 278 g/mol. The average Bonchev–Trinajstić information content (AvgIpc) is 2.40. The molecule has 0 aliphatic heterocycles.